The van der Waals surface area contributed by atoms with E-state index in [2.05, 4.69) is 5.32 Å². The number of hydrogen-bond donors (Lipinski definition) is 1. The highest BCUT2D eigenvalue weighted by atomic mass is 32.1. The Morgan fingerprint density at radius 1 is 1.00 bits per heavy atom. The summed E-state index contributed by atoms with van der Waals surface area (Å²) in [5.41, 5.74) is 0.208. The number of anilines is 1. The Kier molecular flexibility index (Phi) is 4.67. The van der Waals surface area contributed by atoms with Crippen molar-refractivity contribution in [2.24, 2.45) is 0 Å². The molecule has 7 heteroatoms. The lowest BCUT2D eigenvalue weighted by Gasteiger charge is -2.12. The van der Waals surface area contributed by atoms with Crippen molar-refractivity contribution >= 4 is 33.1 Å². The standard InChI is InChI=1S/C21H17N3O3S/c1-14-12-17-19(26)24(16-10-6-3-7-11-16)21(27)23(20(17)28-14)13-18(25)22-15-8-4-2-5-9-15/h2-12H,13H2,1H3,(H,22,25). The monoisotopic (exact) mass is 391 g/mol. The number of aryl methyl sites for hydroxylation is 1. The van der Waals surface area contributed by atoms with Crippen molar-refractivity contribution in [2.45, 2.75) is 13.5 Å². The fraction of sp³-hybridized carbons (Fsp3) is 0.0952. The molecule has 0 radical (unpaired) electrons. The number of nitrogens with zero attached hydrogens (tertiary/aromatic N) is 2. The van der Waals surface area contributed by atoms with Gasteiger partial charge in [0.1, 0.15) is 11.4 Å². The number of amides is 1. The lowest BCUT2D eigenvalue weighted by molar-refractivity contribution is -0.116. The van der Waals surface area contributed by atoms with Gasteiger partial charge in [0, 0.05) is 10.6 Å². The number of aromatic nitrogens is 2. The predicted octanol–water partition coefficient (Wildman–Crippen LogP) is 3.16. The second-order valence-corrected chi connectivity index (χ2v) is 7.57. The van der Waals surface area contributed by atoms with Gasteiger partial charge in [-0.15, -0.1) is 11.3 Å². The van der Waals surface area contributed by atoms with Gasteiger partial charge in [0.05, 0.1) is 11.1 Å². The largest absolute Gasteiger partial charge is 0.337 e. The quantitative estimate of drug-likeness (QED) is 0.581. The van der Waals surface area contributed by atoms with Gasteiger partial charge in [0.25, 0.3) is 5.56 Å². The SMILES string of the molecule is Cc1cc2c(=O)n(-c3ccccc3)c(=O)n(CC(=O)Nc3ccccc3)c2s1. The molecule has 0 unspecified atom stereocenters. The number of benzene rings is 2. The molecule has 4 rings (SSSR count). The molecule has 0 saturated heterocycles. The summed E-state index contributed by atoms with van der Waals surface area (Å²) in [5.74, 6) is -0.334. The van der Waals surface area contributed by atoms with E-state index < -0.39 is 5.69 Å². The Bertz CT molecular complexity index is 1270. The molecule has 0 aliphatic rings. The van der Waals surface area contributed by atoms with Gasteiger partial charge in [-0.05, 0) is 37.3 Å². The zero-order chi connectivity index (χ0) is 19.7. The number of carbonyl (C=O) groups is 1. The van der Waals surface area contributed by atoms with Crippen LogP contribution >= 0.6 is 11.3 Å². The molecule has 2 aromatic heterocycles. The molecule has 1 amide bonds. The van der Waals surface area contributed by atoms with Gasteiger partial charge in [-0.3, -0.25) is 14.2 Å². The molecular weight excluding hydrogens is 374 g/mol. The van der Waals surface area contributed by atoms with Crippen LogP contribution in [0.5, 0.6) is 0 Å². The fourth-order valence-corrected chi connectivity index (χ4v) is 4.07. The summed E-state index contributed by atoms with van der Waals surface area (Å²) in [6, 6.07) is 19.5. The van der Waals surface area contributed by atoms with Gasteiger partial charge in [-0.25, -0.2) is 9.36 Å². The Hall–Kier alpha value is -3.45. The third kappa shape index (κ3) is 3.27. The predicted molar refractivity (Wildman–Crippen MR) is 111 cm³/mol. The maximum absolute atomic E-state index is 13.2. The Balaban J connectivity index is 1.84. The van der Waals surface area contributed by atoms with Crippen molar-refractivity contribution in [3.63, 3.8) is 0 Å². The van der Waals surface area contributed by atoms with E-state index in [-0.39, 0.29) is 18.0 Å². The van der Waals surface area contributed by atoms with E-state index in [1.165, 1.54) is 15.9 Å². The minimum atomic E-state index is -0.534. The van der Waals surface area contributed by atoms with E-state index in [0.717, 1.165) is 9.44 Å². The van der Waals surface area contributed by atoms with Gasteiger partial charge >= 0.3 is 5.69 Å². The number of nitrogens with one attached hydrogen (secondary N) is 1. The molecule has 0 atom stereocenters. The van der Waals surface area contributed by atoms with Crippen LogP contribution in [0.25, 0.3) is 15.9 Å². The number of fused-ring (bicyclic) bond motifs is 1. The normalized spacial score (nSPS) is 10.9. The summed E-state index contributed by atoms with van der Waals surface area (Å²) in [5, 5.41) is 3.21. The Morgan fingerprint density at radius 3 is 2.32 bits per heavy atom. The third-order valence-electron chi connectivity index (χ3n) is 4.31. The molecule has 140 valence electrons. The zero-order valence-corrected chi connectivity index (χ0v) is 15.9. The number of para-hydroxylation sites is 2. The van der Waals surface area contributed by atoms with Crippen LogP contribution in [0, 0.1) is 6.92 Å². The number of carbonyl (C=O) groups excluding carboxylic acids is 1. The number of rotatable bonds is 4. The molecule has 0 spiro atoms. The van der Waals surface area contributed by atoms with Gasteiger partial charge in [0.15, 0.2) is 0 Å². The van der Waals surface area contributed by atoms with Crippen LogP contribution in [0.1, 0.15) is 4.88 Å². The zero-order valence-electron chi connectivity index (χ0n) is 15.1. The second kappa shape index (κ2) is 7.28. The van der Waals surface area contributed by atoms with Crippen LogP contribution in [0.4, 0.5) is 5.69 Å². The first kappa shape index (κ1) is 17.9. The molecule has 0 saturated carbocycles. The van der Waals surface area contributed by atoms with Crippen molar-refractivity contribution in [3.05, 3.63) is 92.4 Å². The van der Waals surface area contributed by atoms with Crippen molar-refractivity contribution in [3.8, 4) is 5.69 Å². The first-order chi connectivity index (χ1) is 13.5. The molecule has 0 fully saturated rings. The summed E-state index contributed by atoms with van der Waals surface area (Å²) < 4.78 is 2.48. The first-order valence-electron chi connectivity index (χ1n) is 8.71. The van der Waals surface area contributed by atoms with Crippen LogP contribution in [0.2, 0.25) is 0 Å². The van der Waals surface area contributed by atoms with Crippen molar-refractivity contribution in [2.75, 3.05) is 5.32 Å². The summed E-state index contributed by atoms with van der Waals surface area (Å²) >= 11 is 1.33. The first-order valence-corrected chi connectivity index (χ1v) is 9.52. The van der Waals surface area contributed by atoms with E-state index in [0.29, 0.717) is 21.6 Å². The van der Waals surface area contributed by atoms with E-state index in [4.69, 9.17) is 0 Å². The highest BCUT2D eigenvalue weighted by Gasteiger charge is 2.18. The van der Waals surface area contributed by atoms with Crippen LogP contribution in [0.3, 0.4) is 0 Å². The van der Waals surface area contributed by atoms with Crippen molar-refractivity contribution in [1.29, 1.82) is 0 Å². The van der Waals surface area contributed by atoms with Crippen molar-refractivity contribution < 1.29 is 4.79 Å². The average molecular weight is 391 g/mol. The molecule has 2 aromatic carbocycles. The second-order valence-electron chi connectivity index (χ2n) is 6.33. The van der Waals surface area contributed by atoms with Gasteiger partial charge in [-0.1, -0.05) is 36.4 Å². The average Bonchev–Trinajstić information content (AvgIpc) is 3.09. The van der Waals surface area contributed by atoms with Crippen LogP contribution in [-0.4, -0.2) is 15.0 Å². The molecule has 28 heavy (non-hydrogen) atoms. The minimum Gasteiger partial charge on any atom is -0.325 e. The smallest absolute Gasteiger partial charge is 0.325 e. The number of thiophene rings is 1. The van der Waals surface area contributed by atoms with Crippen LogP contribution in [0.15, 0.2) is 76.3 Å². The van der Waals surface area contributed by atoms with E-state index in [1.807, 2.05) is 31.2 Å². The molecular formula is C21H17N3O3S. The summed E-state index contributed by atoms with van der Waals surface area (Å²) in [6.45, 7) is 1.69. The summed E-state index contributed by atoms with van der Waals surface area (Å²) in [4.78, 5) is 40.1. The van der Waals surface area contributed by atoms with Gasteiger partial charge in [-0.2, -0.15) is 0 Å². The topological polar surface area (TPSA) is 73.1 Å². The van der Waals surface area contributed by atoms with Crippen LogP contribution < -0.4 is 16.6 Å². The minimum absolute atomic E-state index is 0.183. The Morgan fingerprint density at radius 2 is 1.64 bits per heavy atom. The maximum atomic E-state index is 13.2. The lowest BCUT2D eigenvalue weighted by Crippen LogP contribution is -2.40. The molecule has 2 heterocycles. The van der Waals surface area contributed by atoms with E-state index in [1.54, 1.807) is 42.5 Å². The third-order valence-corrected chi connectivity index (χ3v) is 5.38. The lowest BCUT2D eigenvalue weighted by atomic mass is 10.3. The molecule has 4 aromatic rings. The fourth-order valence-electron chi connectivity index (χ4n) is 3.08. The summed E-state index contributed by atoms with van der Waals surface area (Å²) in [7, 11) is 0. The van der Waals surface area contributed by atoms with Crippen molar-refractivity contribution in [1.82, 2.24) is 9.13 Å². The highest BCUT2D eigenvalue weighted by Crippen LogP contribution is 2.21. The molecule has 0 aliphatic heterocycles. The van der Waals surface area contributed by atoms with E-state index >= 15 is 0 Å². The van der Waals surface area contributed by atoms with Crippen LogP contribution in [-0.2, 0) is 11.3 Å². The summed E-state index contributed by atoms with van der Waals surface area (Å²) in [6.07, 6.45) is 0. The molecule has 1 N–H and O–H groups in total. The molecule has 0 bridgehead atoms. The Labute approximate surface area is 164 Å². The van der Waals surface area contributed by atoms with Gasteiger partial charge in [0.2, 0.25) is 5.91 Å². The van der Waals surface area contributed by atoms with Gasteiger partial charge < -0.3 is 5.32 Å². The highest BCUT2D eigenvalue weighted by molar-refractivity contribution is 7.18. The van der Waals surface area contributed by atoms with E-state index in [9.17, 15) is 14.4 Å². The number of hydrogen-bond acceptors (Lipinski definition) is 4. The molecule has 6 nitrogen and oxygen atoms in total. The molecule has 0 aliphatic carbocycles. The maximum Gasteiger partial charge on any atom is 0.337 e.